The van der Waals surface area contributed by atoms with Crippen LogP contribution >= 0.6 is 11.6 Å². The van der Waals surface area contributed by atoms with Crippen LogP contribution in [-0.4, -0.2) is 48.1 Å². The predicted octanol–water partition coefficient (Wildman–Crippen LogP) is 3.43. The highest BCUT2D eigenvalue weighted by Crippen LogP contribution is 2.32. The van der Waals surface area contributed by atoms with E-state index >= 15 is 0 Å². The molecule has 2 fully saturated rings. The largest absolute Gasteiger partial charge is 0.322 e. The van der Waals surface area contributed by atoms with E-state index in [0.29, 0.717) is 17.1 Å². The molecule has 3 rings (SSSR count). The van der Waals surface area contributed by atoms with Gasteiger partial charge in [-0.25, -0.2) is 4.79 Å². The first kappa shape index (κ1) is 14.7. The monoisotopic (exact) mass is 307 g/mol. The first-order valence-electron chi connectivity index (χ1n) is 7.67. The van der Waals surface area contributed by atoms with Gasteiger partial charge in [0.2, 0.25) is 0 Å². The molecule has 2 amide bonds. The maximum atomic E-state index is 12.6. The first-order chi connectivity index (χ1) is 10.1. The highest BCUT2D eigenvalue weighted by Gasteiger charge is 2.38. The van der Waals surface area contributed by atoms with Gasteiger partial charge in [0, 0.05) is 22.8 Å². The summed E-state index contributed by atoms with van der Waals surface area (Å²) >= 11 is 5.88. The van der Waals surface area contributed by atoms with Gasteiger partial charge in [-0.05, 0) is 70.1 Å². The lowest BCUT2D eigenvalue weighted by molar-refractivity contribution is 0.135. The van der Waals surface area contributed by atoms with Gasteiger partial charge in [0.25, 0.3) is 0 Å². The molecule has 0 atom stereocenters. The Morgan fingerprint density at radius 3 is 2.29 bits per heavy atom. The van der Waals surface area contributed by atoms with Crippen LogP contribution in [0.4, 0.5) is 10.5 Å². The zero-order valence-corrected chi connectivity index (χ0v) is 13.1. The van der Waals surface area contributed by atoms with Crippen molar-refractivity contribution in [3.63, 3.8) is 0 Å². The number of halogens is 1. The molecule has 0 spiro atoms. The van der Waals surface area contributed by atoms with Gasteiger partial charge < -0.3 is 15.1 Å². The molecule has 0 radical (unpaired) electrons. The van der Waals surface area contributed by atoms with E-state index in [1.165, 1.54) is 0 Å². The first-order valence-corrected chi connectivity index (χ1v) is 8.05. The zero-order chi connectivity index (χ0) is 14.8. The van der Waals surface area contributed by atoms with Crippen LogP contribution in [0.15, 0.2) is 24.3 Å². The average Bonchev–Trinajstić information content (AvgIpc) is 3.29. The number of anilines is 1. The third kappa shape index (κ3) is 3.69. The molecule has 1 saturated carbocycles. The molecule has 0 aromatic heterocycles. The van der Waals surface area contributed by atoms with E-state index < -0.39 is 0 Å². The SMILES string of the molecule is CN1CCC(N(C(=O)Nc2ccc(Cl)cc2)C2CC2)CC1. The van der Waals surface area contributed by atoms with Crippen LogP contribution in [0.1, 0.15) is 25.7 Å². The minimum Gasteiger partial charge on any atom is -0.318 e. The summed E-state index contributed by atoms with van der Waals surface area (Å²) in [4.78, 5) is 17.0. The number of hydrogen-bond donors (Lipinski definition) is 1. The lowest BCUT2D eigenvalue weighted by Gasteiger charge is -2.37. The second kappa shape index (κ2) is 6.24. The molecular formula is C16H22ClN3O. The molecule has 0 bridgehead atoms. The van der Waals surface area contributed by atoms with Gasteiger partial charge in [0.1, 0.15) is 0 Å². The Balaban J connectivity index is 1.66. The van der Waals surface area contributed by atoms with E-state index in [0.717, 1.165) is 44.5 Å². The number of hydrogen-bond acceptors (Lipinski definition) is 2. The molecule has 5 heteroatoms. The Hall–Kier alpha value is -1.26. The van der Waals surface area contributed by atoms with Gasteiger partial charge in [0.15, 0.2) is 0 Å². The van der Waals surface area contributed by atoms with Gasteiger partial charge >= 0.3 is 6.03 Å². The standard InChI is InChI=1S/C16H22ClN3O/c1-19-10-8-15(9-11-19)20(14-6-7-14)16(21)18-13-4-2-12(17)3-5-13/h2-5,14-15H,6-11H2,1H3,(H,18,21). The fourth-order valence-electron chi connectivity index (χ4n) is 2.98. The zero-order valence-electron chi connectivity index (χ0n) is 12.4. The second-order valence-corrected chi connectivity index (χ2v) is 6.55. The summed E-state index contributed by atoms with van der Waals surface area (Å²) in [5.41, 5.74) is 0.808. The van der Waals surface area contributed by atoms with Gasteiger partial charge in [-0.3, -0.25) is 0 Å². The predicted molar refractivity (Wildman–Crippen MR) is 85.9 cm³/mol. The van der Waals surface area contributed by atoms with Crippen LogP contribution in [0.5, 0.6) is 0 Å². The van der Waals surface area contributed by atoms with E-state index in [-0.39, 0.29) is 6.03 Å². The second-order valence-electron chi connectivity index (χ2n) is 6.11. The van der Waals surface area contributed by atoms with Crippen molar-refractivity contribution in [3.8, 4) is 0 Å². The van der Waals surface area contributed by atoms with E-state index in [1.807, 2.05) is 12.1 Å². The lowest BCUT2D eigenvalue weighted by atomic mass is 10.0. The number of carbonyl (C=O) groups is 1. The number of likely N-dealkylation sites (tertiary alicyclic amines) is 1. The summed E-state index contributed by atoms with van der Waals surface area (Å²) in [6.45, 7) is 2.14. The third-order valence-electron chi connectivity index (χ3n) is 4.35. The molecule has 1 saturated heterocycles. The number of carbonyl (C=O) groups excluding carboxylic acids is 1. The molecule has 0 unspecified atom stereocenters. The maximum absolute atomic E-state index is 12.6. The van der Waals surface area contributed by atoms with Crippen molar-refractivity contribution in [2.45, 2.75) is 37.8 Å². The van der Waals surface area contributed by atoms with E-state index in [4.69, 9.17) is 11.6 Å². The molecular weight excluding hydrogens is 286 g/mol. The van der Waals surface area contributed by atoms with Crippen molar-refractivity contribution >= 4 is 23.3 Å². The fourth-order valence-corrected chi connectivity index (χ4v) is 3.10. The minimum atomic E-state index is 0.0365. The van der Waals surface area contributed by atoms with Crippen molar-refractivity contribution in [3.05, 3.63) is 29.3 Å². The molecule has 4 nitrogen and oxygen atoms in total. The number of nitrogens with one attached hydrogen (secondary N) is 1. The third-order valence-corrected chi connectivity index (χ3v) is 4.60. The van der Waals surface area contributed by atoms with Gasteiger partial charge in [0.05, 0.1) is 0 Å². The average molecular weight is 308 g/mol. The summed E-state index contributed by atoms with van der Waals surface area (Å²) in [7, 11) is 2.14. The number of nitrogens with zero attached hydrogens (tertiary/aromatic N) is 2. The summed E-state index contributed by atoms with van der Waals surface area (Å²) in [5.74, 6) is 0. The number of benzene rings is 1. The van der Waals surface area contributed by atoms with Gasteiger partial charge in [-0.2, -0.15) is 0 Å². The minimum absolute atomic E-state index is 0.0365. The van der Waals surface area contributed by atoms with E-state index in [9.17, 15) is 4.79 Å². The Morgan fingerprint density at radius 2 is 1.71 bits per heavy atom. The maximum Gasteiger partial charge on any atom is 0.322 e. The molecule has 21 heavy (non-hydrogen) atoms. The highest BCUT2D eigenvalue weighted by molar-refractivity contribution is 6.30. The van der Waals surface area contributed by atoms with Crippen molar-refractivity contribution in [2.24, 2.45) is 0 Å². The number of amides is 2. The smallest absolute Gasteiger partial charge is 0.318 e. The van der Waals surface area contributed by atoms with Gasteiger partial charge in [-0.15, -0.1) is 0 Å². The highest BCUT2D eigenvalue weighted by atomic mass is 35.5. The van der Waals surface area contributed by atoms with E-state index in [2.05, 4.69) is 22.2 Å². The Morgan fingerprint density at radius 1 is 1.14 bits per heavy atom. The molecule has 1 aromatic carbocycles. The topological polar surface area (TPSA) is 35.6 Å². The van der Waals surface area contributed by atoms with Gasteiger partial charge in [-0.1, -0.05) is 11.6 Å². The van der Waals surface area contributed by atoms with Crippen LogP contribution < -0.4 is 5.32 Å². The quantitative estimate of drug-likeness (QED) is 0.928. The number of urea groups is 1. The van der Waals surface area contributed by atoms with Crippen LogP contribution in [0, 0.1) is 0 Å². The number of piperidine rings is 1. The number of rotatable bonds is 3. The normalized spacial score (nSPS) is 20.3. The molecule has 1 aliphatic heterocycles. The molecule has 2 aliphatic rings. The molecule has 114 valence electrons. The van der Waals surface area contributed by atoms with Crippen molar-refractivity contribution in [1.82, 2.24) is 9.80 Å². The summed E-state index contributed by atoms with van der Waals surface area (Å²) in [5, 5.41) is 3.70. The Bertz CT molecular complexity index is 493. The van der Waals surface area contributed by atoms with Crippen LogP contribution in [0.3, 0.4) is 0 Å². The summed E-state index contributed by atoms with van der Waals surface area (Å²) < 4.78 is 0. The molecule has 1 N–H and O–H groups in total. The molecule has 1 aliphatic carbocycles. The summed E-state index contributed by atoms with van der Waals surface area (Å²) in [6.07, 6.45) is 4.42. The Kier molecular flexibility index (Phi) is 4.36. The lowest BCUT2D eigenvalue weighted by Crippen LogP contribution is -2.49. The van der Waals surface area contributed by atoms with Crippen LogP contribution in [0.25, 0.3) is 0 Å². The van der Waals surface area contributed by atoms with Crippen molar-refractivity contribution in [1.29, 1.82) is 0 Å². The molecule has 1 aromatic rings. The van der Waals surface area contributed by atoms with Crippen LogP contribution in [-0.2, 0) is 0 Å². The van der Waals surface area contributed by atoms with Crippen LogP contribution in [0.2, 0.25) is 5.02 Å². The molecule has 1 heterocycles. The van der Waals surface area contributed by atoms with Crippen molar-refractivity contribution < 1.29 is 4.79 Å². The Labute approximate surface area is 131 Å². The fraction of sp³-hybridized carbons (Fsp3) is 0.562. The van der Waals surface area contributed by atoms with E-state index in [1.54, 1.807) is 12.1 Å². The van der Waals surface area contributed by atoms with Crippen molar-refractivity contribution in [2.75, 3.05) is 25.5 Å². The summed E-state index contributed by atoms with van der Waals surface area (Å²) in [6, 6.07) is 8.14.